The lowest BCUT2D eigenvalue weighted by molar-refractivity contribution is 0.173. The minimum Gasteiger partial charge on any atom is -0.314 e. The Morgan fingerprint density at radius 2 is 1.94 bits per heavy atom. The van der Waals surface area contributed by atoms with Crippen molar-refractivity contribution in [1.82, 2.24) is 10.2 Å². The van der Waals surface area contributed by atoms with Gasteiger partial charge in [0.2, 0.25) is 0 Å². The van der Waals surface area contributed by atoms with E-state index in [1.807, 2.05) is 0 Å². The zero-order chi connectivity index (χ0) is 10.7. The lowest BCUT2D eigenvalue weighted by atomic mass is 9.99. The maximum Gasteiger partial charge on any atom is 0.0342 e. The van der Waals surface area contributed by atoms with Crippen molar-refractivity contribution in [2.75, 3.05) is 26.7 Å². The highest BCUT2D eigenvalue weighted by atomic mass is 35.5. The highest BCUT2D eigenvalue weighted by Crippen LogP contribution is 2.17. The molecule has 1 heterocycles. The van der Waals surface area contributed by atoms with Crippen LogP contribution in [-0.2, 0) is 0 Å². The first kappa shape index (κ1) is 13.5. The van der Waals surface area contributed by atoms with E-state index in [9.17, 15) is 0 Å². The van der Waals surface area contributed by atoms with Crippen LogP contribution in [-0.4, -0.2) is 37.6 Å². The molecule has 1 unspecified atom stereocenters. The van der Waals surface area contributed by atoms with E-state index in [1.54, 1.807) is 0 Å². The van der Waals surface area contributed by atoms with Crippen LogP contribution in [0.1, 0.15) is 18.4 Å². The highest BCUT2D eigenvalue weighted by molar-refractivity contribution is 5.85. The van der Waals surface area contributed by atoms with Crippen LogP contribution in [0.2, 0.25) is 0 Å². The van der Waals surface area contributed by atoms with Gasteiger partial charge in [0.05, 0.1) is 0 Å². The monoisotopic (exact) mass is 240 g/mol. The molecule has 0 aliphatic carbocycles. The largest absolute Gasteiger partial charge is 0.314 e. The lowest BCUT2D eigenvalue weighted by Gasteiger charge is -2.37. The van der Waals surface area contributed by atoms with E-state index in [1.165, 1.54) is 5.56 Å². The van der Waals surface area contributed by atoms with Crippen LogP contribution in [0.4, 0.5) is 0 Å². The summed E-state index contributed by atoms with van der Waals surface area (Å²) in [6, 6.07) is 11.5. The summed E-state index contributed by atoms with van der Waals surface area (Å²) < 4.78 is 0. The molecular formula is C13H21ClN2. The van der Waals surface area contributed by atoms with E-state index in [2.05, 4.69) is 54.5 Å². The Hall–Kier alpha value is -0.570. The fraction of sp³-hybridized carbons (Fsp3) is 0.538. The summed E-state index contributed by atoms with van der Waals surface area (Å²) in [5.41, 5.74) is 1.44. The second kappa shape index (κ2) is 6.24. The highest BCUT2D eigenvalue weighted by Gasteiger charge is 2.22. The molecule has 0 radical (unpaired) electrons. The molecule has 3 heteroatoms. The molecule has 0 amide bonds. The van der Waals surface area contributed by atoms with Gasteiger partial charge in [0, 0.05) is 25.7 Å². The standard InChI is InChI=1S/C13H20N2.ClH/c1-11(12-6-4-3-5-7-12)10-15(2)13-8-14-9-13;/h3-7,11,13-14H,8-10H2,1-2H3;1H. The molecule has 0 saturated carbocycles. The molecule has 90 valence electrons. The van der Waals surface area contributed by atoms with Gasteiger partial charge in [-0.25, -0.2) is 0 Å². The predicted octanol–water partition coefficient (Wildman–Crippen LogP) is 2.12. The third-order valence-electron chi connectivity index (χ3n) is 3.31. The molecular weight excluding hydrogens is 220 g/mol. The zero-order valence-corrected chi connectivity index (χ0v) is 10.8. The van der Waals surface area contributed by atoms with Crippen LogP contribution in [0.5, 0.6) is 0 Å². The Morgan fingerprint density at radius 1 is 1.31 bits per heavy atom. The topological polar surface area (TPSA) is 15.3 Å². The minimum absolute atomic E-state index is 0. The molecule has 2 rings (SSSR count). The number of hydrogen-bond donors (Lipinski definition) is 1. The van der Waals surface area contributed by atoms with Gasteiger partial charge in [0.25, 0.3) is 0 Å². The Morgan fingerprint density at radius 3 is 2.44 bits per heavy atom. The predicted molar refractivity (Wildman–Crippen MR) is 71.4 cm³/mol. The van der Waals surface area contributed by atoms with Crippen molar-refractivity contribution in [3.05, 3.63) is 35.9 Å². The SMILES string of the molecule is CC(CN(C)C1CNC1)c1ccccc1.Cl. The van der Waals surface area contributed by atoms with Gasteiger partial charge in [0.1, 0.15) is 0 Å². The van der Waals surface area contributed by atoms with Crippen LogP contribution < -0.4 is 5.32 Å². The van der Waals surface area contributed by atoms with Gasteiger partial charge in [-0.3, -0.25) is 0 Å². The van der Waals surface area contributed by atoms with E-state index < -0.39 is 0 Å². The summed E-state index contributed by atoms with van der Waals surface area (Å²) in [7, 11) is 2.23. The number of nitrogens with zero attached hydrogens (tertiary/aromatic N) is 1. The lowest BCUT2D eigenvalue weighted by Crippen LogP contribution is -2.56. The first-order chi connectivity index (χ1) is 7.27. The molecule has 1 fully saturated rings. The number of nitrogens with one attached hydrogen (secondary N) is 1. The summed E-state index contributed by atoms with van der Waals surface area (Å²) >= 11 is 0. The van der Waals surface area contributed by atoms with Crippen molar-refractivity contribution in [2.24, 2.45) is 0 Å². The maximum atomic E-state index is 3.31. The maximum absolute atomic E-state index is 3.31. The minimum atomic E-state index is 0. The van der Waals surface area contributed by atoms with E-state index >= 15 is 0 Å². The van der Waals surface area contributed by atoms with Gasteiger partial charge in [-0.15, -0.1) is 12.4 Å². The average molecular weight is 241 g/mol. The Balaban J connectivity index is 0.00000128. The van der Waals surface area contributed by atoms with Gasteiger partial charge in [-0.2, -0.15) is 0 Å². The third kappa shape index (κ3) is 3.21. The Kier molecular flexibility index (Phi) is 5.26. The molecule has 0 aromatic heterocycles. The number of benzene rings is 1. The van der Waals surface area contributed by atoms with Gasteiger partial charge >= 0.3 is 0 Å². The molecule has 2 nitrogen and oxygen atoms in total. The molecule has 1 atom stereocenters. The Bertz CT molecular complexity index is 298. The van der Waals surface area contributed by atoms with Crippen molar-refractivity contribution in [2.45, 2.75) is 18.9 Å². The number of rotatable bonds is 4. The molecule has 1 aliphatic rings. The van der Waals surface area contributed by atoms with Crippen molar-refractivity contribution in [3.8, 4) is 0 Å². The molecule has 1 aromatic carbocycles. The number of halogens is 1. The quantitative estimate of drug-likeness (QED) is 0.868. The summed E-state index contributed by atoms with van der Waals surface area (Å²) in [5.74, 6) is 0.622. The van der Waals surface area contributed by atoms with E-state index in [-0.39, 0.29) is 12.4 Å². The second-order valence-electron chi connectivity index (χ2n) is 4.56. The summed E-state index contributed by atoms with van der Waals surface area (Å²) in [6.45, 7) is 5.75. The molecule has 1 N–H and O–H groups in total. The van der Waals surface area contributed by atoms with Crippen LogP contribution in [0.15, 0.2) is 30.3 Å². The number of hydrogen-bond acceptors (Lipinski definition) is 2. The molecule has 1 aromatic rings. The summed E-state index contributed by atoms with van der Waals surface area (Å²) in [5, 5.41) is 3.31. The van der Waals surface area contributed by atoms with Crippen molar-refractivity contribution in [1.29, 1.82) is 0 Å². The first-order valence-electron chi connectivity index (χ1n) is 5.73. The fourth-order valence-corrected chi connectivity index (χ4v) is 2.05. The van der Waals surface area contributed by atoms with E-state index in [0.717, 1.165) is 25.7 Å². The zero-order valence-electron chi connectivity index (χ0n) is 10.0. The van der Waals surface area contributed by atoms with Crippen molar-refractivity contribution < 1.29 is 0 Å². The first-order valence-corrected chi connectivity index (χ1v) is 5.73. The van der Waals surface area contributed by atoms with Gasteiger partial charge in [0.15, 0.2) is 0 Å². The van der Waals surface area contributed by atoms with E-state index in [4.69, 9.17) is 0 Å². The molecule has 0 spiro atoms. The molecule has 1 saturated heterocycles. The van der Waals surface area contributed by atoms with E-state index in [0.29, 0.717) is 5.92 Å². The van der Waals surface area contributed by atoms with Gasteiger partial charge in [-0.1, -0.05) is 37.3 Å². The second-order valence-corrected chi connectivity index (χ2v) is 4.56. The van der Waals surface area contributed by atoms with Gasteiger partial charge < -0.3 is 10.2 Å². The van der Waals surface area contributed by atoms with Crippen LogP contribution in [0.3, 0.4) is 0 Å². The average Bonchev–Trinajstić information content (AvgIpc) is 2.16. The third-order valence-corrected chi connectivity index (χ3v) is 3.31. The molecule has 16 heavy (non-hydrogen) atoms. The van der Waals surface area contributed by atoms with Crippen LogP contribution in [0, 0.1) is 0 Å². The van der Waals surface area contributed by atoms with Crippen LogP contribution >= 0.6 is 12.4 Å². The van der Waals surface area contributed by atoms with Crippen molar-refractivity contribution >= 4 is 12.4 Å². The van der Waals surface area contributed by atoms with Crippen molar-refractivity contribution in [3.63, 3.8) is 0 Å². The molecule has 1 aliphatic heterocycles. The number of likely N-dealkylation sites (N-methyl/N-ethyl adjacent to an activating group) is 1. The van der Waals surface area contributed by atoms with Crippen LogP contribution in [0.25, 0.3) is 0 Å². The molecule has 0 bridgehead atoms. The van der Waals surface area contributed by atoms with Gasteiger partial charge in [-0.05, 0) is 18.5 Å². The summed E-state index contributed by atoms with van der Waals surface area (Å²) in [4.78, 5) is 2.47. The normalized spacial score (nSPS) is 17.7. The Labute approximate surface area is 104 Å². The fourth-order valence-electron chi connectivity index (χ4n) is 2.05. The summed E-state index contributed by atoms with van der Waals surface area (Å²) in [6.07, 6.45) is 0. The smallest absolute Gasteiger partial charge is 0.0342 e.